The summed E-state index contributed by atoms with van der Waals surface area (Å²) in [6, 6.07) is 2.20. The van der Waals surface area contributed by atoms with Crippen molar-refractivity contribution in [2.45, 2.75) is 32.6 Å². The van der Waals surface area contributed by atoms with Gasteiger partial charge in [-0.2, -0.15) is 8.42 Å². The van der Waals surface area contributed by atoms with Crippen LogP contribution in [0.5, 0.6) is 0 Å². The summed E-state index contributed by atoms with van der Waals surface area (Å²) in [6.07, 6.45) is 4.63. The molecule has 0 N–H and O–H groups in total. The fraction of sp³-hybridized carbons (Fsp3) is 0.500. The Balaban J connectivity index is 1.73. The average molecular weight is 346 g/mol. The first kappa shape index (κ1) is 16.6. The lowest BCUT2D eigenvalue weighted by Gasteiger charge is -1.99. The van der Waals surface area contributed by atoms with Crippen LogP contribution in [0.2, 0.25) is 0 Å². The fourth-order valence-corrected chi connectivity index (χ4v) is 3.94. The van der Waals surface area contributed by atoms with E-state index in [9.17, 15) is 8.42 Å². The van der Waals surface area contributed by atoms with E-state index in [1.165, 1.54) is 10.4 Å². The van der Waals surface area contributed by atoms with Gasteiger partial charge in [-0.05, 0) is 49.6 Å². The molecule has 2 aromatic heterocycles. The zero-order valence-electron chi connectivity index (χ0n) is 12.2. The van der Waals surface area contributed by atoms with Crippen molar-refractivity contribution in [3.63, 3.8) is 0 Å². The van der Waals surface area contributed by atoms with E-state index in [0.29, 0.717) is 6.42 Å². The Hall–Kier alpha value is -0.760. The molecule has 0 bridgehead atoms. The highest BCUT2D eigenvalue weighted by Gasteiger charge is 2.05. The van der Waals surface area contributed by atoms with Gasteiger partial charge in [-0.25, -0.2) is 4.98 Å². The van der Waals surface area contributed by atoms with Crippen LogP contribution in [0.1, 0.15) is 27.6 Å². The highest BCUT2D eigenvalue weighted by Crippen LogP contribution is 2.19. The van der Waals surface area contributed by atoms with E-state index in [1.54, 1.807) is 22.7 Å². The summed E-state index contributed by atoms with van der Waals surface area (Å²) in [7, 11) is -3.31. The Kier molecular flexibility index (Phi) is 5.92. The van der Waals surface area contributed by atoms with E-state index in [1.807, 2.05) is 6.92 Å². The molecule has 2 rings (SSSR count). The summed E-state index contributed by atoms with van der Waals surface area (Å²) in [6.45, 7) is 2.28. The second kappa shape index (κ2) is 7.49. The van der Waals surface area contributed by atoms with Crippen molar-refractivity contribution in [2.24, 2.45) is 0 Å². The van der Waals surface area contributed by atoms with E-state index >= 15 is 0 Å². The first-order valence-electron chi connectivity index (χ1n) is 6.74. The van der Waals surface area contributed by atoms with Crippen LogP contribution in [-0.2, 0) is 33.6 Å². The standard InChI is InChI=1S/C14H19NO3S3/c1-11-15-13(10-19-11)5-6-14-8-12(9-20-14)4-3-7-18-21(2,16)17/h8-10H,3-7H2,1-2H3. The summed E-state index contributed by atoms with van der Waals surface area (Å²) in [4.78, 5) is 5.81. The zero-order chi connectivity index (χ0) is 15.3. The molecule has 0 amide bonds. The summed E-state index contributed by atoms with van der Waals surface area (Å²) >= 11 is 3.45. The predicted octanol–water partition coefficient (Wildman–Crippen LogP) is 3.21. The van der Waals surface area contributed by atoms with Crippen LogP contribution in [0.4, 0.5) is 0 Å². The third-order valence-corrected chi connectivity index (χ3v) is 5.37. The van der Waals surface area contributed by atoms with Crippen molar-refractivity contribution in [3.8, 4) is 0 Å². The second-order valence-electron chi connectivity index (χ2n) is 4.91. The highest BCUT2D eigenvalue weighted by atomic mass is 32.2. The van der Waals surface area contributed by atoms with Crippen molar-refractivity contribution in [3.05, 3.63) is 38.0 Å². The number of hydrogen-bond donors (Lipinski definition) is 0. The molecule has 21 heavy (non-hydrogen) atoms. The zero-order valence-corrected chi connectivity index (χ0v) is 14.6. The van der Waals surface area contributed by atoms with Gasteiger partial charge in [0.05, 0.1) is 23.6 Å². The van der Waals surface area contributed by atoms with Crippen LogP contribution < -0.4 is 0 Å². The van der Waals surface area contributed by atoms with Gasteiger partial charge in [-0.15, -0.1) is 22.7 Å². The van der Waals surface area contributed by atoms with Gasteiger partial charge in [0.1, 0.15) is 0 Å². The molecule has 0 aliphatic rings. The Morgan fingerprint density at radius 2 is 2.00 bits per heavy atom. The molecule has 0 saturated carbocycles. The largest absolute Gasteiger partial charge is 0.270 e. The van der Waals surface area contributed by atoms with Crippen molar-refractivity contribution in [1.82, 2.24) is 4.98 Å². The third kappa shape index (κ3) is 6.25. The quantitative estimate of drug-likeness (QED) is 0.544. The molecule has 0 atom stereocenters. The van der Waals surface area contributed by atoms with Gasteiger partial charge in [-0.1, -0.05) is 0 Å². The first-order chi connectivity index (χ1) is 9.92. The number of rotatable bonds is 8. The maximum Gasteiger partial charge on any atom is 0.264 e. The Labute approximate surface area is 133 Å². The van der Waals surface area contributed by atoms with Crippen molar-refractivity contribution in [2.75, 3.05) is 12.9 Å². The molecular formula is C14H19NO3S3. The van der Waals surface area contributed by atoms with Gasteiger partial charge in [-0.3, -0.25) is 4.18 Å². The third-order valence-electron chi connectivity index (χ3n) is 2.91. The SMILES string of the molecule is Cc1nc(CCc2cc(CCCOS(C)(=O)=O)cs2)cs1. The summed E-state index contributed by atoms with van der Waals surface area (Å²) < 4.78 is 26.4. The van der Waals surface area contributed by atoms with Crippen molar-refractivity contribution < 1.29 is 12.6 Å². The van der Waals surface area contributed by atoms with E-state index in [0.717, 1.165) is 36.2 Å². The number of thiophene rings is 1. The Morgan fingerprint density at radius 1 is 1.19 bits per heavy atom. The molecule has 0 aromatic carbocycles. The van der Waals surface area contributed by atoms with Crippen LogP contribution in [0, 0.1) is 6.92 Å². The lowest BCUT2D eigenvalue weighted by molar-refractivity contribution is 0.316. The van der Waals surface area contributed by atoms with Gasteiger partial charge in [0.25, 0.3) is 10.1 Å². The molecule has 4 nitrogen and oxygen atoms in total. The Morgan fingerprint density at radius 3 is 2.67 bits per heavy atom. The van der Waals surface area contributed by atoms with Crippen LogP contribution in [0.3, 0.4) is 0 Å². The molecule has 116 valence electrons. The number of aryl methyl sites for hydroxylation is 4. The van der Waals surface area contributed by atoms with Gasteiger partial charge >= 0.3 is 0 Å². The topological polar surface area (TPSA) is 56.3 Å². The minimum atomic E-state index is -3.31. The summed E-state index contributed by atoms with van der Waals surface area (Å²) in [5, 5.41) is 5.37. The summed E-state index contributed by atoms with van der Waals surface area (Å²) in [5.41, 5.74) is 2.41. The smallest absolute Gasteiger partial charge is 0.264 e. The normalized spacial score (nSPS) is 11.9. The fourth-order valence-electron chi connectivity index (χ4n) is 1.95. The molecule has 0 spiro atoms. The molecule has 0 unspecified atom stereocenters. The van der Waals surface area contributed by atoms with E-state index in [4.69, 9.17) is 4.18 Å². The van der Waals surface area contributed by atoms with Crippen LogP contribution in [0.15, 0.2) is 16.8 Å². The van der Waals surface area contributed by atoms with Crippen molar-refractivity contribution >= 4 is 32.8 Å². The van der Waals surface area contributed by atoms with Gasteiger partial charge in [0, 0.05) is 10.3 Å². The highest BCUT2D eigenvalue weighted by molar-refractivity contribution is 7.85. The van der Waals surface area contributed by atoms with E-state index in [2.05, 4.69) is 21.8 Å². The molecular weight excluding hydrogens is 326 g/mol. The molecule has 0 fully saturated rings. The first-order valence-corrected chi connectivity index (χ1v) is 10.3. The van der Waals surface area contributed by atoms with Gasteiger partial charge in [0.2, 0.25) is 0 Å². The minimum Gasteiger partial charge on any atom is -0.270 e. The number of thiazole rings is 1. The molecule has 0 aliphatic carbocycles. The molecule has 0 saturated heterocycles. The van der Waals surface area contributed by atoms with Crippen LogP contribution >= 0.6 is 22.7 Å². The minimum absolute atomic E-state index is 0.252. The molecule has 0 aliphatic heterocycles. The maximum absolute atomic E-state index is 10.8. The van der Waals surface area contributed by atoms with Gasteiger partial charge in [0.15, 0.2) is 0 Å². The predicted molar refractivity (Wildman–Crippen MR) is 87.7 cm³/mol. The van der Waals surface area contributed by atoms with Crippen LogP contribution in [0.25, 0.3) is 0 Å². The second-order valence-corrected chi connectivity index (χ2v) is 8.61. The lowest BCUT2D eigenvalue weighted by atomic mass is 10.1. The molecule has 7 heteroatoms. The summed E-state index contributed by atoms with van der Waals surface area (Å²) in [5.74, 6) is 0. The van der Waals surface area contributed by atoms with Crippen molar-refractivity contribution in [1.29, 1.82) is 0 Å². The lowest BCUT2D eigenvalue weighted by Crippen LogP contribution is -2.04. The Bertz CT molecular complexity index is 673. The molecule has 0 radical (unpaired) electrons. The average Bonchev–Trinajstić information content (AvgIpc) is 3.00. The number of hydrogen-bond acceptors (Lipinski definition) is 6. The van der Waals surface area contributed by atoms with E-state index in [-0.39, 0.29) is 6.61 Å². The molecule has 2 aromatic rings. The molecule has 2 heterocycles. The number of nitrogens with zero attached hydrogens (tertiary/aromatic N) is 1. The van der Waals surface area contributed by atoms with E-state index < -0.39 is 10.1 Å². The monoisotopic (exact) mass is 345 g/mol. The maximum atomic E-state index is 10.8. The van der Waals surface area contributed by atoms with Gasteiger partial charge < -0.3 is 0 Å². The number of aromatic nitrogens is 1. The van der Waals surface area contributed by atoms with Crippen LogP contribution in [-0.4, -0.2) is 26.3 Å².